The van der Waals surface area contributed by atoms with Gasteiger partial charge >= 0.3 is 0 Å². The zero-order valence-corrected chi connectivity index (χ0v) is 10.5. The molecule has 0 aliphatic rings. The van der Waals surface area contributed by atoms with Gasteiger partial charge in [0.25, 0.3) is 0 Å². The van der Waals surface area contributed by atoms with Gasteiger partial charge in [-0.1, -0.05) is 30.0 Å². The molecular formula is C14H12F2OS. The van der Waals surface area contributed by atoms with Crippen LogP contribution in [0.4, 0.5) is 8.78 Å². The summed E-state index contributed by atoms with van der Waals surface area (Å²) in [6.45, 7) is 1.65. The van der Waals surface area contributed by atoms with Gasteiger partial charge in [-0.15, -0.1) is 0 Å². The molecule has 2 rings (SSSR count). The first-order valence-corrected chi connectivity index (χ1v) is 6.29. The summed E-state index contributed by atoms with van der Waals surface area (Å²) in [6.07, 6.45) is -0.628. The van der Waals surface area contributed by atoms with E-state index in [9.17, 15) is 13.9 Å². The Labute approximate surface area is 108 Å². The third kappa shape index (κ3) is 2.89. The van der Waals surface area contributed by atoms with Crippen molar-refractivity contribution >= 4 is 11.8 Å². The molecule has 0 bridgehead atoms. The van der Waals surface area contributed by atoms with Gasteiger partial charge in [-0.25, -0.2) is 8.78 Å². The topological polar surface area (TPSA) is 20.2 Å². The predicted octanol–water partition coefficient (Wildman–Crippen LogP) is 4.17. The van der Waals surface area contributed by atoms with E-state index >= 15 is 0 Å². The van der Waals surface area contributed by atoms with Crippen molar-refractivity contribution in [3.63, 3.8) is 0 Å². The molecule has 0 aromatic heterocycles. The van der Waals surface area contributed by atoms with E-state index in [0.29, 0.717) is 4.90 Å². The zero-order valence-electron chi connectivity index (χ0n) is 9.73. The molecule has 18 heavy (non-hydrogen) atoms. The van der Waals surface area contributed by atoms with E-state index in [1.54, 1.807) is 19.1 Å². The third-order valence-electron chi connectivity index (χ3n) is 2.48. The van der Waals surface area contributed by atoms with Gasteiger partial charge in [-0.2, -0.15) is 0 Å². The Morgan fingerprint density at radius 3 is 2.44 bits per heavy atom. The van der Waals surface area contributed by atoms with Gasteiger partial charge in [0, 0.05) is 15.9 Å². The summed E-state index contributed by atoms with van der Waals surface area (Å²) in [7, 11) is 0. The maximum atomic E-state index is 13.5. The second kappa shape index (κ2) is 5.50. The van der Waals surface area contributed by atoms with Crippen LogP contribution in [0.1, 0.15) is 18.6 Å². The monoisotopic (exact) mass is 266 g/mol. The van der Waals surface area contributed by atoms with Crippen LogP contribution in [-0.4, -0.2) is 5.11 Å². The molecule has 0 amide bonds. The maximum absolute atomic E-state index is 13.5. The van der Waals surface area contributed by atoms with Crippen LogP contribution in [0.15, 0.2) is 52.3 Å². The Balaban J connectivity index is 2.34. The summed E-state index contributed by atoms with van der Waals surface area (Å²) in [5, 5.41) is 9.63. The van der Waals surface area contributed by atoms with Crippen molar-refractivity contribution in [1.29, 1.82) is 0 Å². The van der Waals surface area contributed by atoms with Gasteiger partial charge in [0.05, 0.1) is 6.10 Å². The molecule has 1 atom stereocenters. The van der Waals surface area contributed by atoms with E-state index in [2.05, 4.69) is 0 Å². The minimum atomic E-state index is -0.628. The molecule has 94 valence electrons. The molecule has 0 radical (unpaired) electrons. The fourth-order valence-corrected chi connectivity index (χ4v) is 2.63. The van der Waals surface area contributed by atoms with Crippen LogP contribution in [0.3, 0.4) is 0 Å². The lowest BCUT2D eigenvalue weighted by molar-refractivity contribution is 0.196. The van der Waals surface area contributed by atoms with E-state index in [0.717, 1.165) is 16.5 Å². The van der Waals surface area contributed by atoms with Crippen LogP contribution < -0.4 is 0 Å². The lowest BCUT2D eigenvalue weighted by atomic mass is 10.1. The number of aliphatic hydroxyl groups is 1. The smallest absolute Gasteiger partial charge is 0.140 e. The molecular weight excluding hydrogens is 254 g/mol. The lowest BCUT2D eigenvalue weighted by Crippen LogP contribution is -1.94. The SMILES string of the molecule is C[C@@H](O)c1ccccc1Sc1ccc(F)cc1F. The third-order valence-corrected chi connectivity index (χ3v) is 3.63. The fourth-order valence-electron chi connectivity index (χ4n) is 1.60. The van der Waals surface area contributed by atoms with Crippen molar-refractivity contribution in [1.82, 2.24) is 0 Å². The Bertz CT molecular complexity index is 555. The second-order valence-electron chi connectivity index (χ2n) is 3.89. The summed E-state index contributed by atoms with van der Waals surface area (Å²) < 4.78 is 26.4. The fraction of sp³-hybridized carbons (Fsp3) is 0.143. The first-order chi connectivity index (χ1) is 8.58. The van der Waals surface area contributed by atoms with Crippen molar-refractivity contribution in [2.24, 2.45) is 0 Å². The standard InChI is InChI=1S/C14H12F2OS/c1-9(17)11-4-2-3-5-13(11)18-14-7-6-10(15)8-12(14)16/h2-9,17H,1H3/t9-/m1/s1. The lowest BCUT2D eigenvalue weighted by Gasteiger charge is -2.11. The molecule has 0 fully saturated rings. The Morgan fingerprint density at radius 2 is 1.78 bits per heavy atom. The number of rotatable bonds is 3. The number of hydrogen-bond donors (Lipinski definition) is 1. The van der Waals surface area contributed by atoms with E-state index in [1.165, 1.54) is 23.9 Å². The van der Waals surface area contributed by atoms with Crippen LogP contribution in [0.5, 0.6) is 0 Å². The van der Waals surface area contributed by atoms with E-state index in [4.69, 9.17) is 0 Å². The highest BCUT2D eigenvalue weighted by molar-refractivity contribution is 7.99. The molecule has 0 unspecified atom stereocenters. The summed E-state index contributed by atoms with van der Waals surface area (Å²) >= 11 is 1.18. The summed E-state index contributed by atoms with van der Waals surface area (Å²) in [4.78, 5) is 1.10. The van der Waals surface area contributed by atoms with Crippen LogP contribution in [0.25, 0.3) is 0 Å². The van der Waals surface area contributed by atoms with Crippen molar-refractivity contribution in [2.45, 2.75) is 22.8 Å². The number of halogens is 2. The molecule has 0 saturated heterocycles. The van der Waals surface area contributed by atoms with Crippen molar-refractivity contribution in [3.8, 4) is 0 Å². The van der Waals surface area contributed by atoms with Gasteiger partial charge in [0.1, 0.15) is 11.6 Å². The predicted molar refractivity (Wildman–Crippen MR) is 67.6 cm³/mol. The van der Waals surface area contributed by atoms with Gasteiger partial charge in [-0.3, -0.25) is 0 Å². The van der Waals surface area contributed by atoms with Crippen molar-refractivity contribution < 1.29 is 13.9 Å². The first-order valence-electron chi connectivity index (χ1n) is 5.48. The van der Waals surface area contributed by atoms with Gasteiger partial charge < -0.3 is 5.11 Å². The van der Waals surface area contributed by atoms with Gasteiger partial charge in [0.15, 0.2) is 0 Å². The molecule has 2 aromatic rings. The van der Waals surface area contributed by atoms with Crippen LogP contribution in [0.2, 0.25) is 0 Å². The van der Waals surface area contributed by atoms with Crippen LogP contribution in [-0.2, 0) is 0 Å². The molecule has 0 aliphatic heterocycles. The maximum Gasteiger partial charge on any atom is 0.140 e. The minimum absolute atomic E-state index is 0.338. The molecule has 4 heteroatoms. The molecule has 0 saturated carbocycles. The highest BCUT2D eigenvalue weighted by Crippen LogP contribution is 2.34. The van der Waals surface area contributed by atoms with Crippen LogP contribution >= 0.6 is 11.8 Å². The molecule has 0 aliphatic carbocycles. The molecule has 0 heterocycles. The summed E-state index contributed by atoms with van der Waals surface area (Å²) in [5.41, 5.74) is 0.728. The highest BCUT2D eigenvalue weighted by Gasteiger charge is 2.11. The molecule has 1 nitrogen and oxygen atoms in total. The van der Waals surface area contributed by atoms with E-state index < -0.39 is 17.7 Å². The van der Waals surface area contributed by atoms with E-state index in [-0.39, 0.29) is 0 Å². The summed E-state index contributed by atoms with van der Waals surface area (Å²) in [6, 6.07) is 10.7. The minimum Gasteiger partial charge on any atom is -0.389 e. The molecule has 2 aromatic carbocycles. The normalized spacial score (nSPS) is 12.4. The average molecular weight is 266 g/mol. The Hall–Kier alpha value is -1.39. The molecule has 1 N–H and O–H groups in total. The number of aliphatic hydroxyl groups excluding tert-OH is 1. The zero-order chi connectivity index (χ0) is 13.1. The molecule has 0 spiro atoms. The quantitative estimate of drug-likeness (QED) is 0.899. The Kier molecular flexibility index (Phi) is 3.99. The Morgan fingerprint density at radius 1 is 1.06 bits per heavy atom. The van der Waals surface area contributed by atoms with Gasteiger partial charge in [0.2, 0.25) is 0 Å². The number of hydrogen-bond acceptors (Lipinski definition) is 2. The number of benzene rings is 2. The van der Waals surface area contributed by atoms with E-state index in [1.807, 2.05) is 12.1 Å². The highest BCUT2D eigenvalue weighted by atomic mass is 32.2. The average Bonchev–Trinajstić information content (AvgIpc) is 2.33. The van der Waals surface area contributed by atoms with Crippen molar-refractivity contribution in [3.05, 3.63) is 59.7 Å². The summed E-state index contributed by atoms with van der Waals surface area (Å²) in [5.74, 6) is -1.19. The van der Waals surface area contributed by atoms with Crippen molar-refractivity contribution in [2.75, 3.05) is 0 Å². The van der Waals surface area contributed by atoms with Crippen LogP contribution in [0, 0.1) is 11.6 Å². The largest absolute Gasteiger partial charge is 0.389 e. The first kappa shape index (κ1) is 13.1. The second-order valence-corrected chi connectivity index (χ2v) is 4.97. The van der Waals surface area contributed by atoms with Gasteiger partial charge in [-0.05, 0) is 30.7 Å².